The van der Waals surface area contributed by atoms with Crippen LogP contribution in [0.25, 0.3) is 0 Å². The van der Waals surface area contributed by atoms with Gasteiger partial charge in [0.05, 0.1) is 0 Å². The lowest BCUT2D eigenvalue weighted by molar-refractivity contribution is 0.282. The summed E-state index contributed by atoms with van der Waals surface area (Å²) in [5, 5.41) is 0. The monoisotopic (exact) mass is 404 g/mol. The van der Waals surface area contributed by atoms with Crippen molar-refractivity contribution in [2.45, 2.75) is 89.9 Å². The molecule has 2 aliphatic rings. The van der Waals surface area contributed by atoms with E-state index in [0.717, 1.165) is 24.5 Å². The fourth-order valence-electron chi connectivity index (χ4n) is 4.97. The third kappa shape index (κ3) is 6.23. The summed E-state index contributed by atoms with van der Waals surface area (Å²) in [5.74, 6) is -2.16. The topological polar surface area (TPSA) is 0 Å². The van der Waals surface area contributed by atoms with E-state index in [4.69, 9.17) is 0 Å². The van der Waals surface area contributed by atoms with E-state index in [9.17, 15) is 13.2 Å². The molecule has 1 unspecified atom stereocenters. The zero-order chi connectivity index (χ0) is 20.6. The molecular weight excluding hydrogens is 369 g/mol. The Morgan fingerprint density at radius 1 is 0.862 bits per heavy atom. The van der Waals surface area contributed by atoms with Crippen LogP contribution in [-0.2, 0) is 0 Å². The van der Waals surface area contributed by atoms with Gasteiger partial charge in [-0.2, -0.15) is 0 Å². The van der Waals surface area contributed by atoms with E-state index in [2.05, 4.69) is 19.1 Å². The van der Waals surface area contributed by atoms with Crippen LogP contribution in [0.1, 0.15) is 95.5 Å². The fraction of sp³-hybridized carbons (Fsp3) is 0.615. The number of hydrogen-bond acceptors (Lipinski definition) is 0. The molecule has 29 heavy (non-hydrogen) atoms. The molecule has 1 saturated carbocycles. The van der Waals surface area contributed by atoms with Crippen molar-refractivity contribution >= 4 is 0 Å². The number of benzene rings is 1. The average Bonchev–Trinajstić information content (AvgIpc) is 2.75. The second kappa shape index (κ2) is 11.0. The molecule has 1 atom stereocenters. The van der Waals surface area contributed by atoms with Gasteiger partial charge in [-0.3, -0.25) is 0 Å². The first kappa shape index (κ1) is 22.2. The van der Waals surface area contributed by atoms with Crippen LogP contribution in [0.3, 0.4) is 0 Å². The van der Waals surface area contributed by atoms with E-state index < -0.39 is 17.5 Å². The van der Waals surface area contributed by atoms with Crippen LogP contribution in [0.15, 0.2) is 35.9 Å². The van der Waals surface area contributed by atoms with Gasteiger partial charge in [-0.05, 0) is 67.2 Å². The van der Waals surface area contributed by atoms with Crippen molar-refractivity contribution in [2.24, 2.45) is 11.8 Å². The molecule has 0 nitrogen and oxygen atoms in total. The predicted octanol–water partition coefficient (Wildman–Crippen LogP) is 8.63. The molecule has 0 heterocycles. The zero-order valence-electron chi connectivity index (χ0n) is 17.7. The zero-order valence-corrected chi connectivity index (χ0v) is 17.7. The minimum Gasteiger partial charge on any atom is -0.204 e. The van der Waals surface area contributed by atoms with Crippen LogP contribution in [0.4, 0.5) is 13.2 Å². The van der Waals surface area contributed by atoms with Gasteiger partial charge in [-0.25, -0.2) is 13.2 Å². The van der Waals surface area contributed by atoms with Crippen LogP contribution in [0, 0.1) is 29.3 Å². The summed E-state index contributed by atoms with van der Waals surface area (Å²) in [7, 11) is 0. The molecule has 0 bridgehead atoms. The average molecular weight is 405 g/mol. The summed E-state index contributed by atoms with van der Waals surface area (Å²) >= 11 is 0. The highest BCUT2D eigenvalue weighted by Crippen LogP contribution is 2.39. The summed E-state index contributed by atoms with van der Waals surface area (Å²) in [6, 6.07) is 2.25. The van der Waals surface area contributed by atoms with Crippen molar-refractivity contribution in [3.8, 4) is 0 Å². The number of hydrogen-bond donors (Lipinski definition) is 0. The number of unbranched alkanes of at least 4 members (excludes halogenated alkanes) is 5. The van der Waals surface area contributed by atoms with Gasteiger partial charge in [0.25, 0.3) is 0 Å². The van der Waals surface area contributed by atoms with Gasteiger partial charge in [0.15, 0.2) is 17.5 Å². The van der Waals surface area contributed by atoms with Crippen molar-refractivity contribution in [3.05, 3.63) is 58.9 Å². The van der Waals surface area contributed by atoms with Gasteiger partial charge < -0.3 is 0 Å². The van der Waals surface area contributed by atoms with Crippen LogP contribution >= 0.6 is 0 Å². The molecule has 0 saturated heterocycles. The Labute approximate surface area is 174 Å². The Kier molecular flexibility index (Phi) is 8.44. The molecule has 1 fully saturated rings. The first-order chi connectivity index (χ1) is 14.1. The second-order valence-corrected chi connectivity index (χ2v) is 8.98. The molecule has 2 aliphatic carbocycles. The molecule has 3 heteroatoms. The molecule has 160 valence electrons. The molecule has 0 aromatic heterocycles. The third-order valence-corrected chi connectivity index (χ3v) is 6.85. The number of allylic oxidation sites excluding steroid dienone is 4. The summed E-state index contributed by atoms with van der Waals surface area (Å²) in [5.41, 5.74) is 1.89. The van der Waals surface area contributed by atoms with Crippen LogP contribution in [0.5, 0.6) is 0 Å². The number of halogens is 3. The van der Waals surface area contributed by atoms with E-state index >= 15 is 0 Å². The normalized spacial score (nSPS) is 24.6. The third-order valence-electron chi connectivity index (χ3n) is 6.85. The van der Waals surface area contributed by atoms with E-state index in [0.29, 0.717) is 11.5 Å². The Bertz CT molecular complexity index is 688. The van der Waals surface area contributed by atoms with Crippen molar-refractivity contribution < 1.29 is 13.2 Å². The van der Waals surface area contributed by atoms with Gasteiger partial charge in [0.2, 0.25) is 0 Å². The smallest absolute Gasteiger partial charge is 0.194 e. The lowest BCUT2D eigenvalue weighted by atomic mass is 9.75. The molecule has 1 aromatic rings. The maximum absolute atomic E-state index is 13.5. The van der Waals surface area contributed by atoms with Crippen LogP contribution in [-0.4, -0.2) is 0 Å². The molecule has 0 N–H and O–H groups in total. The highest BCUT2D eigenvalue weighted by atomic mass is 19.2. The predicted molar refractivity (Wildman–Crippen MR) is 114 cm³/mol. The Morgan fingerprint density at radius 3 is 2.14 bits per heavy atom. The van der Waals surface area contributed by atoms with Gasteiger partial charge >= 0.3 is 0 Å². The molecular formula is C26H35F3. The van der Waals surface area contributed by atoms with Crippen molar-refractivity contribution in [2.75, 3.05) is 0 Å². The van der Waals surface area contributed by atoms with Gasteiger partial charge in [-0.15, -0.1) is 0 Å². The molecule has 0 amide bonds. The maximum atomic E-state index is 13.5. The first-order valence-corrected chi connectivity index (χ1v) is 11.6. The minimum atomic E-state index is -1.39. The largest absolute Gasteiger partial charge is 0.204 e. The summed E-state index contributed by atoms with van der Waals surface area (Å²) in [6.45, 7) is 2.26. The SMILES string of the molecule is CCCCCCCCC1CCC(C2=CCC(c3cc(F)c(F)c(F)c3)C=C2)CC1. The molecule has 3 rings (SSSR count). The maximum Gasteiger partial charge on any atom is 0.194 e. The highest BCUT2D eigenvalue weighted by Gasteiger charge is 2.24. The fourth-order valence-corrected chi connectivity index (χ4v) is 4.97. The Morgan fingerprint density at radius 2 is 1.52 bits per heavy atom. The van der Waals surface area contributed by atoms with Gasteiger partial charge in [0.1, 0.15) is 0 Å². The summed E-state index contributed by atoms with van der Waals surface area (Å²) in [4.78, 5) is 0. The van der Waals surface area contributed by atoms with Crippen LogP contribution < -0.4 is 0 Å². The summed E-state index contributed by atoms with van der Waals surface area (Å²) < 4.78 is 40.2. The van der Waals surface area contributed by atoms with Crippen molar-refractivity contribution in [1.29, 1.82) is 0 Å². The first-order valence-electron chi connectivity index (χ1n) is 11.6. The summed E-state index contributed by atoms with van der Waals surface area (Å²) in [6.07, 6.45) is 21.9. The Balaban J connectivity index is 1.42. The van der Waals surface area contributed by atoms with Gasteiger partial charge in [0, 0.05) is 5.92 Å². The van der Waals surface area contributed by atoms with Crippen molar-refractivity contribution in [3.63, 3.8) is 0 Å². The number of rotatable bonds is 9. The standard InChI is InChI=1S/C26H35F3/c1-2-3-4-5-6-7-8-19-9-11-20(12-10-19)21-13-15-22(16-14-21)23-17-24(27)26(29)25(28)18-23/h13-15,17-20,22H,2-12,16H2,1H3. The van der Waals surface area contributed by atoms with Gasteiger partial charge in [-0.1, -0.05) is 70.1 Å². The molecule has 0 spiro atoms. The lowest BCUT2D eigenvalue weighted by Gasteiger charge is -2.31. The van der Waals surface area contributed by atoms with E-state index in [1.165, 1.54) is 76.2 Å². The molecule has 0 aliphatic heterocycles. The van der Waals surface area contributed by atoms with E-state index in [1.807, 2.05) is 6.08 Å². The highest BCUT2D eigenvalue weighted by molar-refractivity contribution is 5.35. The molecule has 0 radical (unpaired) electrons. The van der Waals surface area contributed by atoms with E-state index in [1.54, 1.807) is 0 Å². The molecule has 1 aromatic carbocycles. The minimum absolute atomic E-state index is 0.0765. The lowest BCUT2D eigenvalue weighted by Crippen LogP contribution is -2.17. The van der Waals surface area contributed by atoms with E-state index in [-0.39, 0.29) is 5.92 Å². The second-order valence-electron chi connectivity index (χ2n) is 8.98. The van der Waals surface area contributed by atoms with Crippen LogP contribution in [0.2, 0.25) is 0 Å². The Hall–Kier alpha value is -1.51. The quantitative estimate of drug-likeness (QED) is 0.285. The van der Waals surface area contributed by atoms with Crippen molar-refractivity contribution in [1.82, 2.24) is 0 Å².